The molecule has 3 aromatic carbocycles. The first-order valence-electron chi connectivity index (χ1n) is 13.5. The topological polar surface area (TPSA) is 150 Å². The number of hydrogen-bond acceptors (Lipinski definition) is 8. The normalized spacial score (nSPS) is 17.6. The number of nitrogens with zero attached hydrogens (tertiary/aromatic N) is 4. The minimum Gasteiger partial charge on any atom is -0.494 e. The van der Waals surface area contributed by atoms with E-state index in [0.29, 0.717) is 61.1 Å². The van der Waals surface area contributed by atoms with Crippen LogP contribution in [0.15, 0.2) is 87.4 Å². The first kappa shape index (κ1) is 31.0. The predicted molar refractivity (Wildman–Crippen MR) is 162 cm³/mol. The van der Waals surface area contributed by atoms with Crippen LogP contribution in [0.5, 0.6) is 5.75 Å². The van der Waals surface area contributed by atoms with Crippen LogP contribution in [0.25, 0.3) is 10.4 Å². The fourth-order valence-electron chi connectivity index (χ4n) is 4.57. The van der Waals surface area contributed by atoms with Crippen LogP contribution in [-0.2, 0) is 20.7 Å². The maximum absolute atomic E-state index is 14.2. The first-order chi connectivity index (χ1) is 20.5. The Morgan fingerprint density at radius 2 is 1.88 bits per heavy atom. The van der Waals surface area contributed by atoms with Crippen molar-refractivity contribution < 1.29 is 24.1 Å². The number of aliphatic imine (C=N–C) groups is 1. The summed E-state index contributed by atoms with van der Waals surface area (Å²) in [6.45, 7) is 1.47. The van der Waals surface area contributed by atoms with E-state index in [1.165, 1.54) is 0 Å². The molecule has 0 radical (unpaired) electrons. The number of halogens is 1. The highest BCUT2D eigenvalue weighted by Crippen LogP contribution is 2.43. The van der Waals surface area contributed by atoms with E-state index in [2.05, 4.69) is 36.8 Å². The predicted octanol–water partition coefficient (Wildman–Crippen LogP) is 5.31. The molecule has 0 aliphatic carbocycles. The molecule has 4 rings (SSSR count). The number of ether oxygens (including phenoxy) is 3. The molecule has 0 fully saturated rings. The van der Waals surface area contributed by atoms with Crippen LogP contribution in [0.3, 0.4) is 0 Å². The van der Waals surface area contributed by atoms with Gasteiger partial charge in [0, 0.05) is 60.3 Å². The molecular weight excluding hydrogens is 604 g/mol. The van der Waals surface area contributed by atoms with Gasteiger partial charge in [-0.2, -0.15) is 0 Å². The molecule has 0 aromatic heterocycles. The Balaban J connectivity index is 1.77. The summed E-state index contributed by atoms with van der Waals surface area (Å²) in [7, 11) is 1.62. The zero-order chi connectivity index (χ0) is 29.8. The second kappa shape index (κ2) is 15.3. The summed E-state index contributed by atoms with van der Waals surface area (Å²) in [6.07, 6.45) is 0.513. The highest BCUT2D eigenvalue weighted by molar-refractivity contribution is 9.10. The highest BCUT2D eigenvalue weighted by atomic mass is 79.9. The number of azide groups is 1. The lowest BCUT2D eigenvalue weighted by Gasteiger charge is -2.31. The van der Waals surface area contributed by atoms with E-state index in [0.717, 1.165) is 10.0 Å². The third-order valence-corrected chi connectivity index (χ3v) is 7.19. The number of carbonyl (C=O) groups is 1. The summed E-state index contributed by atoms with van der Waals surface area (Å²) in [4.78, 5) is 22.1. The summed E-state index contributed by atoms with van der Waals surface area (Å²) in [5, 5.41) is 12.9. The number of nitrogens with one attached hydrogen (secondary N) is 2. The number of amides is 1. The molecule has 12 heteroatoms. The largest absolute Gasteiger partial charge is 0.494 e. The highest BCUT2D eigenvalue weighted by Gasteiger charge is 2.53. The van der Waals surface area contributed by atoms with E-state index in [1.54, 1.807) is 31.4 Å². The molecule has 0 spiro atoms. The van der Waals surface area contributed by atoms with Gasteiger partial charge < -0.3 is 19.3 Å². The Morgan fingerprint density at radius 3 is 2.60 bits per heavy atom. The molecule has 3 aromatic rings. The standard InChI is InChI=1S/C30H33BrN6O5/c1-40-18-4-16-33-36-29(39)30(20-23-6-2-3-7-26(23)35-37-32)27(21-8-12-24(31)13-9-21)42-28(34-30)22-10-14-25(15-11-22)41-19-5-17-38/h2-3,6-15,27,33,38H,4-5,16-20H2,1H3,(H,36,39)/t27-,30-/m0/s1. The molecule has 3 N–H and O–H groups in total. The number of methoxy groups -OCH3 is 1. The van der Waals surface area contributed by atoms with Crippen molar-refractivity contribution in [3.05, 3.63) is 104 Å². The first-order valence-corrected chi connectivity index (χ1v) is 14.3. The van der Waals surface area contributed by atoms with Gasteiger partial charge in [-0.15, -0.1) is 0 Å². The fraction of sp³-hybridized carbons (Fsp3) is 0.333. The molecule has 0 saturated heterocycles. The van der Waals surface area contributed by atoms with Crippen molar-refractivity contribution in [1.82, 2.24) is 10.9 Å². The molecule has 0 saturated carbocycles. The van der Waals surface area contributed by atoms with Gasteiger partial charge >= 0.3 is 0 Å². The Bertz CT molecular complexity index is 1410. The minimum absolute atomic E-state index is 0.0500. The fourth-order valence-corrected chi connectivity index (χ4v) is 4.84. The van der Waals surface area contributed by atoms with Gasteiger partial charge in [0.25, 0.3) is 5.91 Å². The average molecular weight is 638 g/mol. The Hall–Kier alpha value is -3.93. The van der Waals surface area contributed by atoms with E-state index in [-0.39, 0.29) is 13.0 Å². The number of rotatable bonds is 15. The van der Waals surface area contributed by atoms with Crippen LogP contribution in [0.1, 0.15) is 35.6 Å². The molecule has 1 aliphatic heterocycles. The monoisotopic (exact) mass is 636 g/mol. The molecule has 42 heavy (non-hydrogen) atoms. The number of aliphatic hydroxyl groups excluding tert-OH is 1. The van der Waals surface area contributed by atoms with Crippen LogP contribution < -0.4 is 15.6 Å². The van der Waals surface area contributed by atoms with Crippen LogP contribution >= 0.6 is 15.9 Å². The van der Waals surface area contributed by atoms with Crippen molar-refractivity contribution in [2.75, 3.05) is 33.5 Å². The Morgan fingerprint density at radius 1 is 1.12 bits per heavy atom. The van der Waals surface area contributed by atoms with Gasteiger partial charge in [-0.25, -0.2) is 10.4 Å². The lowest BCUT2D eigenvalue weighted by atomic mass is 9.81. The molecule has 1 amide bonds. The van der Waals surface area contributed by atoms with Crippen LogP contribution in [0.2, 0.25) is 0 Å². The van der Waals surface area contributed by atoms with Crippen molar-refractivity contribution in [2.45, 2.75) is 30.9 Å². The van der Waals surface area contributed by atoms with E-state index in [9.17, 15) is 10.3 Å². The Kier molecular flexibility index (Phi) is 11.3. The minimum atomic E-state index is -1.46. The Labute approximate surface area is 252 Å². The van der Waals surface area contributed by atoms with E-state index >= 15 is 0 Å². The zero-order valence-corrected chi connectivity index (χ0v) is 24.8. The SMILES string of the molecule is COCCCNNC(=O)[C@@]1(Cc2ccccc2N=[N+]=[N-])N=C(c2ccc(OCCCO)cc2)O[C@H]1c1ccc(Br)cc1. The van der Waals surface area contributed by atoms with Gasteiger partial charge in [-0.3, -0.25) is 10.2 Å². The molecule has 1 aliphatic rings. The van der Waals surface area contributed by atoms with Crippen molar-refractivity contribution in [2.24, 2.45) is 10.1 Å². The summed E-state index contributed by atoms with van der Waals surface area (Å²) in [5.74, 6) is 0.533. The van der Waals surface area contributed by atoms with Gasteiger partial charge in [0.05, 0.1) is 6.61 Å². The average Bonchev–Trinajstić information content (AvgIpc) is 3.39. The summed E-state index contributed by atoms with van der Waals surface area (Å²) in [5.41, 5.74) is 16.0. The second-order valence-electron chi connectivity index (χ2n) is 9.56. The van der Waals surface area contributed by atoms with Crippen molar-refractivity contribution in [3.63, 3.8) is 0 Å². The number of hydrogen-bond donors (Lipinski definition) is 3. The molecule has 11 nitrogen and oxygen atoms in total. The summed E-state index contributed by atoms with van der Waals surface area (Å²) in [6, 6.07) is 21.9. The van der Waals surface area contributed by atoms with E-state index in [4.69, 9.17) is 24.3 Å². The lowest BCUT2D eigenvalue weighted by molar-refractivity contribution is -0.130. The molecule has 1 heterocycles. The van der Waals surface area contributed by atoms with Gasteiger partial charge in [-0.05, 0) is 59.5 Å². The zero-order valence-electron chi connectivity index (χ0n) is 23.2. The van der Waals surface area contributed by atoms with Gasteiger partial charge in [0.1, 0.15) is 5.75 Å². The van der Waals surface area contributed by atoms with Crippen molar-refractivity contribution in [1.29, 1.82) is 0 Å². The molecule has 220 valence electrons. The number of benzene rings is 3. The lowest BCUT2D eigenvalue weighted by Crippen LogP contribution is -2.54. The van der Waals surface area contributed by atoms with E-state index in [1.807, 2.05) is 48.5 Å². The van der Waals surface area contributed by atoms with Gasteiger partial charge in [0.2, 0.25) is 5.90 Å². The van der Waals surface area contributed by atoms with Crippen LogP contribution in [-0.4, -0.2) is 55.9 Å². The molecule has 2 atom stereocenters. The van der Waals surface area contributed by atoms with Gasteiger partial charge in [-0.1, -0.05) is 57.4 Å². The quantitative estimate of drug-likeness (QED) is 0.0676. The van der Waals surface area contributed by atoms with Crippen molar-refractivity contribution in [3.8, 4) is 5.75 Å². The second-order valence-corrected chi connectivity index (χ2v) is 10.5. The molecule has 0 bridgehead atoms. The molecular formula is C30H33BrN6O5. The summed E-state index contributed by atoms with van der Waals surface area (Å²) < 4.78 is 18.2. The maximum atomic E-state index is 14.2. The van der Waals surface area contributed by atoms with Gasteiger partial charge in [0.15, 0.2) is 11.6 Å². The van der Waals surface area contributed by atoms with E-state index < -0.39 is 17.6 Å². The number of carbonyl (C=O) groups excluding carboxylic acids is 1. The third kappa shape index (κ3) is 7.67. The summed E-state index contributed by atoms with van der Waals surface area (Å²) >= 11 is 3.48. The van der Waals surface area contributed by atoms with Crippen LogP contribution in [0.4, 0.5) is 5.69 Å². The third-order valence-electron chi connectivity index (χ3n) is 6.66. The number of hydrazine groups is 1. The van der Waals surface area contributed by atoms with Crippen LogP contribution in [0, 0.1) is 0 Å². The smallest absolute Gasteiger partial charge is 0.266 e. The van der Waals surface area contributed by atoms with Crippen molar-refractivity contribution >= 4 is 33.4 Å². The molecule has 0 unspecified atom stereocenters. The maximum Gasteiger partial charge on any atom is 0.266 e. The number of aliphatic hydroxyl groups is 1.